The summed E-state index contributed by atoms with van der Waals surface area (Å²) < 4.78 is 32.3. The van der Waals surface area contributed by atoms with E-state index in [1.165, 1.54) is 26.2 Å². The molecule has 8 heteroatoms. The largest absolute Gasteiger partial charge is 0.497 e. The van der Waals surface area contributed by atoms with Gasteiger partial charge in [-0.15, -0.1) is 0 Å². The van der Waals surface area contributed by atoms with Crippen LogP contribution in [0.1, 0.15) is 18.1 Å². The summed E-state index contributed by atoms with van der Waals surface area (Å²) in [5.74, 6) is 0.165. The second-order valence-electron chi connectivity index (χ2n) is 6.74. The first-order valence-electron chi connectivity index (χ1n) is 8.88. The minimum atomic E-state index is -3.81. The molecule has 0 aliphatic rings. The van der Waals surface area contributed by atoms with Gasteiger partial charge in [0.2, 0.25) is 15.9 Å². The van der Waals surface area contributed by atoms with Gasteiger partial charge in [0.05, 0.1) is 18.0 Å². The minimum Gasteiger partial charge on any atom is -0.497 e. The molecule has 0 unspecified atom stereocenters. The Morgan fingerprint density at radius 3 is 2.25 bits per heavy atom. The molecule has 0 fully saturated rings. The molecule has 0 spiro atoms. The summed E-state index contributed by atoms with van der Waals surface area (Å²) in [4.78, 5) is 14.5. The molecule has 0 aliphatic heterocycles. The lowest BCUT2D eigenvalue weighted by atomic mass is 10.1. The van der Waals surface area contributed by atoms with Crippen molar-refractivity contribution < 1.29 is 17.9 Å². The van der Waals surface area contributed by atoms with E-state index in [-0.39, 0.29) is 4.90 Å². The van der Waals surface area contributed by atoms with Crippen LogP contribution in [0.3, 0.4) is 0 Å². The number of hydrogen-bond donors (Lipinski definition) is 2. The van der Waals surface area contributed by atoms with Gasteiger partial charge >= 0.3 is 0 Å². The number of amides is 1. The molecule has 0 bridgehead atoms. The van der Waals surface area contributed by atoms with Crippen molar-refractivity contribution in [2.45, 2.75) is 31.0 Å². The van der Waals surface area contributed by atoms with Crippen LogP contribution in [0.2, 0.25) is 0 Å². The van der Waals surface area contributed by atoms with Crippen LogP contribution >= 0.6 is 0 Å². The zero-order valence-corrected chi connectivity index (χ0v) is 17.4. The predicted molar refractivity (Wildman–Crippen MR) is 108 cm³/mol. The Morgan fingerprint density at radius 2 is 1.68 bits per heavy atom. The van der Waals surface area contributed by atoms with Gasteiger partial charge in [-0.25, -0.2) is 8.42 Å². The maximum absolute atomic E-state index is 12.5. The van der Waals surface area contributed by atoms with E-state index in [0.29, 0.717) is 12.3 Å². The summed E-state index contributed by atoms with van der Waals surface area (Å²) in [7, 11) is 1.65. The fourth-order valence-electron chi connectivity index (χ4n) is 2.67. The number of nitrogens with zero attached hydrogens (tertiary/aromatic N) is 1. The molecule has 152 valence electrons. The van der Waals surface area contributed by atoms with Crippen LogP contribution in [0.5, 0.6) is 5.75 Å². The predicted octanol–water partition coefficient (Wildman–Crippen LogP) is 1.74. The first-order valence-corrected chi connectivity index (χ1v) is 10.4. The number of benzene rings is 2. The average Bonchev–Trinajstić information content (AvgIpc) is 2.66. The van der Waals surface area contributed by atoms with Crippen LogP contribution in [0.25, 0.3) is 0 Å². The van der Waals surface area contributed by atoms with Crippen LogP contribution < -0.4 is 14.8 Å². The average molecular weight is 406 g/mol. The standard InChI is InChI=1S/C20H27N3O4S/c1-15(22-28(25,26)19-11-9-18(27-4)10-12-19)20(24)21-13-16-7-5-6-8-17(16)14-23(2)3/h5-12,15,22H,13-14H2,1-4H3,(H,21,24)/t15-/m0/s1. The smallest absolute Gasteiger partial charge is 0.241 e. The molecule has 2 N–H and O–H groups in total. The van der Waals surface area contributed by atoms with Crippen molar-refractivity contribution in [1.29, 1.82) is 0 Å². The van der Waals surface area contributed by atoms with Crippen molar-refractivity contribution in [2.75, 3.05) is 21.2 Å². The second-order valence-corrected chi connectivity index (χ2v) is 8.46. The Balaban J connectivity index is 1.99. The monoisotopic (exact) mass is 405 g/mol. The van der Waals surface area contributed by atoms with Crippen molar-refractivity contribution in [3.63, 3.8) is 0 Å². The Labute approximate surface area is 166 Å². The highest BCUT2D eigenvalue weighted by atomic mass is 32.2. The molecular weight excluding hydrogens is 378 g/mol. The van der Waals surface area contributed by atoms with Crippen molar-refractivity contribution in [3.8, 4) is 5.75 Å². The third kappa shape index (κ3) is 6.05. The molecule has 1 atom stereocenters. The molecule has 0 aliphatic carbocycles. The number of rotatable bonds is 9. The lowest BCUT2D eigenvalue weighted by Crippen LogP contribution is -2.44. The van der Waals surface area contributed by atoms with Gasteiger partial charge in [0, 0.05) is 13.1 Å². The van der Waals surface area contributed by atoms with Crippen molar-refractivity contribution in [1.82, 2.24) is 14.9 Å². The molecule has 0 saturated heterocycles. The maximum atomic E-state index is 12.5. The topological polar surface area (TPSA) is 87.7 Å². The number of nitrogens with one attached hydrogen (secondary N) is 2. The van der Waals surface area contributed by atoms with Crippen LogP contribution in [-0.2, 0) is 27.9 Å². The fraction of sp³-hybridized carbons (Fsp3) is 0.350. The fourth-order valence-corrected chi connectivity index (χ4v) is 3.87. The number of carbonyl (C=O) groups is 1. The van der Waals surface area contributed by atoms with Gasteiger partial charge in [-0.05, 0) is 56.4 Å². The van der Waals surface area contributed by atoms with E-state index in [1.54, 1.807) is 12.1 Å². The third-order valence-electron chi connectivity index (χ3n) is 4.15. The van der Waals surface area contributed by atoms with Gasteiger partial charge in [0.15, 0.2) is 0 Å². The summed E-state index contributed by atoms with van der Waals surface area (Å²) in [6.45, 7) is 2.60. The lowest BCUT2D eigenvalue weighted by molar-refractivity contribution is -0.122. The minimum absolute atomic E-state index is 0.0734. The van der Waals surface area contributed by atoms with E-state index in [2.05, 4.69) is 10.0 Å². The van der Waals surface area contributed by atoms with Gasteiger partial charge in [-0.2, -0.15) is 4.72 Å². The summed E-state index contributed by atoms with van der Waals surface area (Å²) in [6.07, 6.45) is 0. The SMILES string of the molecule is COc1ccc(S(=O)(=O)N[C@@H](C)C(=O)NCc2ccccc2CN(C)C)cc1. The molecule has 2 aromatic rings. The number of carbonyl (C=O) groups excluding carboxylic acids is 1. The number of sulfonamides is 1. The summed E-state index contributed by atoms with van der Waals surface area (Å²) in [5, 5.41) is 2.80. The van der Waals surface area contributed by atoms with Crippen LogP contribution in [0, 0.1) is 0 Å². The molecule has 0 aromatic heterocycles. The number of ether oxygens (including phenoxy) is 1. The van der Waals surface area contributed by atoms with Crippen molar-refractivity contribution in [2.24, 2.45) is 0 Å². The highest BCUT2D eigenvalue weighted by Crippen LogP contribution is 2.16. The molecule has 0 heterocycles. The molecule has 0 radical (unpaired) electrons. The Bertz CT molecular complexity index is 896. The van der Waals surface area contributed by atoms with Crippen LogP contribution in [0.4, 0.5) is 0 Å². The molecule has 7 nitrogen and oxygen atoms in total. The molecular formula is C20H27N3O4S. The Kier molecular flexibility index (Phi) is 7.56. The maximum Gasteiger partial charge on any atom is 0.241 e. The quantitative estimate of drug-likeness (QED) is 0.664. The highest BCUT2D eigenvalue weighted by Gasteiger charge is 2.22. The van der Waals surface area contributed by atoms with E-state index in [1.807, 2.05) is 43.3 Å². The lowest BCUT2D eigenvalue weighted by Gasteiger charge is -2.17. The van der Waals surface area contributed by atoms with E-state index >= 15 is 0 Å². The Hall–Kier alpha value is -2.42. The molecule has 2 aromatic carbocycles. The van der Waals surface area contributed by atoms with E-state index in [9.17, 15) is 13.2 Å². The van der Waals surface area contributed by atoms with Gasteiger partial charge in [0.1, 0.15) is 5.75 Å². The van der Waals surface area contributed by atoms with Crippen molar-refractivity contribution in [3.05, 3.63) is 59.7 Å². The summed E-state index contributed by atoms with van der Waals surface area (Å²) in [5.41, 5.74) is 2.11. The number of methoxy groups -OCH3 is 1. The zero-order chi connectivity index (χ0) is 20.7. The van der Waals surface area contributed by atoms with Gasteiger partial charge in [0.25, 0.3) is 0 Å². The normalized spacial score (nSPS) is 12.6. The number of hydrogen-bond acceptors (Lipinski definition) is 5. The van der Waals surface area contributed by atoms with E-state index < -0.39 is 22.0 Å². The first-order chi connectivity index (χ1) is 13.2. The van der Waals surface area contributed by atoms with Gasteiger partial charge in [-0.1, -0.05) is 24.3 Å². The van der Waals surface area contributed by atoms with E-state index in [0.717, 1.165) is 17.7 Å². The summed E-state index contributed by atoms with van der Waals surface area (Å²) in [6, 6.07) is 12.9. The zero-order valence-electron chi connectivity index (χ0n) is 16.6. The Morgan fingerprint density at radius 1 is 1.07 bits per heavy atom. The molecule has 28 heavy (non-hydrogen) atoms. The molecule has 2 rings (SSSR count). The molecule has 0 saturated carbocycles. The van der Waals surface area contributed by atoms with Crippen molar-refractivity contribution >= 4 is 15.9 Å². The molecule has 1 amide bonds. The third-order valence-corrected chi connectivity index (χ3v) is 5.71. The highest BCUT2D eigenvalue weighted by molar-refractivity contribution is 7.89. The van der Waals surface area contributed by atoms with Crippen LogP contribution in [0.15, 0.2) is 53.4 Å². The summed E-state index contributed by atoms with van der Waals surface area (Å²) >= 11 is 0. The van der Waals surface area contributed by atoms with E-state index in [4.69, 9.17) is 4.74 Å². The first kappa shape index (κ1) is 21.9. The van der Waals surface area contributed by atoms with Gasteiger partial charge in [-0.3, -0.25) is 4.79 Å². The van der Waals surface area contributed by atoms with Gasteiger partial charge < -0.3 is 15.0 Å². The van der Waals surface area contributed by atoms with Crippen LogP contribution in [-0.4, -0.2) is 46.5 Å². The second kappa shape index (κ2) is 9.68.